The third-order valence-corrected chi connectivity index (χ3v) is 9.05. The van der Waals surface area contributed by atoms with Crippen LogP contribution in [0.1, 0.15) is 40.5 Å². The van der Waals surface area contributed by atoms with E-state index in [1.807, 2.05) is 25.1 Å². The summed E-state index contributed by atoms with van der Waals surface area (Å²) in [6.45, 7) is 5.50. The molecule has 0 bridgehead atoms. The molecule has 2 aromatic rings. The number of Topliss-reactive ketones (excluding diaryl/α,β-unsaturated/α-hetero) is 1. The molecule has 3 amide bonds. The Kier molecular flexibility index (Phi) is 10.7. The van der Waals surface area contributed by atoms with Crippen LogP contribution in [0, 0.1) is 5.92 Å². The van der Waals surface area contributed by atoms with Gasteiger partial charge in [0.05, 0.1) is 17.0 Å². The Morgan fingerprint density at radius 3 is 2.14 bits per heavy atom. The number of hydrogen-bond acceptors (Lipinski definition) is 7. The van der Waals surface area contributed by atoms with Crippen LogP contribution < -0.4 is 20.3 Å². The number of nitrogens with one attached hydrogen (secondary N) is 3. The molecule has 0 radical (unpaired) electrons. The van der Waals surface area contributed by atoms with E-state index in [1.165, 1.54) is 33.8 Å². The zero-order valence-electron chi connectivity index (χ0n) is 25.4. The molecule has 44 heavy (non-hydrogen) atoms. The van der Waals surface area contributed by atoms with E-state index < -0.39 is 69.8 Å². The fourth-order valence-electron chi connectivity index (χ4n) is 5.15. The highest BCUT2D eigenvalue weighted by Crippen LogP contribution is 2.30. The third kappa shape index (κ3) is 7.67. The molecular formula is C29H38F3N5O6S. The Hall–Kier alpha value is -3.72. The summed E-state index contributed by atoms with van der Waals surface area (Å²) < 4.78 is 68.1. The maximum atomic E-state index is 13.3. The van der Waals surface area contributed by atoms with Crippen LogP contribution >= 0.6 is 0 Å². The summed E-state index contributed by atoms with van der Waals surface area (Å²) in [6, 6.07) is 4.60. The van der Waals surface area contributed by atoms with E-state index in [0.717, 1.165) is 10.6 Å². The van der Waals surface area contributed by atoms with E-state index in [4.69, 9.17) is 0 Å². The maximum absolute atomic E-state index is 13.3. The molecule has 3 N–H and O–H groups in total. The standard InChI is InChI=1S/C29H38F3N5O6S/c1-16(2)24(25(38)29(30,31)32)34-27(40)22-13-9-15-37(22)28(41)18(4)33-26(39)17(3)35-44(42,43)23-14-8-10-19-20(23)11-7-12-21(19)36(5)6/h7-8,10-12,14,16-18,22,24,35H,9,13,15H2,1-6H3,(H,33,39)(H,34,40)/t17-,18-,22-,24?/m0/s1. The summed E-state index contributed by atoms with van der Waals surface area (Å²) >= 11 is 0. The summed E-state index contributed by atoms with van der Waals surface area (Å²) in [5, 5.41) is 5.75. The molecule has 1 aliphatic heterocycles. The Labute approximate surface area is 254 Å². The van der Waals surface area contributed by atoms with Crippen LogP contribution in [0.5, 0.6) is 0 Å². The normalized spacial score (nSPS) is 17.7. The highest BCUT2D eigenvalue weighted by molar-refractivity contribution is 7.89. The van der Waals surface area contributed by atoms with Gasteiger partial charge in [0, 0.05) is 37.1 Å². The van der Waals surface area contributed by atoms with Gasteiger partial charge in [-0.05, 0) is 44.7 Å². The van der Waals surface area contributed by atoms with Gasteiger partial charge in [-0.2, -0.15) is 17.9 Å². The fourth-order valence-corrected chi connectivity index (χ4v) is 6.58. The molecule has 1 aliphatic rings. The molecular weight excluding hydrogens is 603 g/mol. The number of likely N-dealkylation sites (tertiary alicyclic amines) is 1. The van der Waals surface area contributed by atoms with Crippen molar-refractivity contribution in [2.24, 2.45) is 5.92 Å². The predicted octanol–water partition coefficient (Wildman–Crippen LogP) is 2.34. The molecule has 1 unspecified atom stereocenters. The number of hydrogen-bond donors (Lipinski definition) is 3. The minimum atomic E-state index is -5.15. The number of alkyl halides is 3. The summed E-state index contributed by atoms with van der Waals surface area (Å²) in [7, 11) is -0.526. The van der Waals surface area contributed by atoms with Gasteiger partial charge in [-0.15, -0.1) is 0 Å². The molecule has 242 valence electrons. The number of fused-ring (bicyclic) bond motifs is 1. The van der Waals surface area contributed by atoms with E-state index >= 15 is 0 Å². The fraction of sp³-hybridized carbons (Fsp3) is 0.517. The van der Waals surface area contributed by atoms with Gasteiger partial charge in [0.15, 0.2) is 0 Å². The van der Waals surface area contributed by atoms with Crippen molar-refractivity contribution in [2.75, 3.05) is 25.5 Å². The minimum Gasteiger partial charge on any atom is -0.377 e. The van der Waals surface area contributed by atoms with Gasteiger partial charge in [0.1, 0.15) is 12.1 Å². The van der Waals surface area contributed by atoms with Crippen molar-refractivity contribution < 1.29 is 40.8 Å². The molecule has 0 aromatic heterocycles. The second-order valence-corrected chi connectivity index (χ2v) is 13.1. The summed E-state index contributed by atoms with van der Waals surface area (Å²) in [5.74, 6) is -5.33. The molecule has 1 saturated heterocycles. The zero-order chi connectivity index (χ0) is 33.1. The molecule has 3 rings (SSSR count). The van der Waals surface area contributed by atoms with Crippen LogP contribution in [-0.2, 0) is 29.2 Å². The number of sulfonamides is 1. The third-order valence-electron chi connectivity index (χ3n) is 7.45. The molecule has 0 aliphatic carbocycles. The van der Waals surface area contributed by atoms with Gasteiger partial charge in [0.2, 0.25) is 27.7 Å². The molecule has 2 aromatic carbocycles. The van der Waals surface area contributed by atoms with Crippen molar-refractivity contribution in [3.8, 4) is 0 Å². The summed E-state index contributed by atoms with van der Waals surface area (Å²) in [5.41, 5.74) is 0.804. The lowest BCUT2D eigenvalue weighted by Crippen LogP contribution is -2.57. The lowest BCUT2D eigenvalue weighted by Gasteiger charge is -2.30. The van der Waals surface area contributed by atoms with Crippen LogP contribution in [0.3, 0.4) is 0 Å². The first kappa shape index (κ1) is 34.8. The molecule has 0 saturated carbocycles. The lowest BCUT2D eigenvalue weighted by molar-refractivity contribution is -0.175. The Bertz CT molecular complexity index is 1530. The van der Waals surface area contributed by atoms with Crippen molar-refractivity contribution in [1.29, 1.82) is 0 Å². The van der Waals surface area contributed by atoms with Crippen molar-refractivity contribution in [3.63, 3.8) is 0 Å². The van der Waals surface area contributed by atoms with Gasteiger partial charge < -0.3 is 20.4 Å². The average Bonchev–Trinajstić information content (AvgIpc) is 3.43. The number of nitrogens with zero attached hydrogens (tertiary/aromatic N) is 2. The second-order valence-electron chi connectivity index (χ2n) is 11.4. The SMILES string of the molecule is CC(C)C(NC(=O)[C@@H]1CCCN1C(=O)[C@H](C)NC(=O)[C@H](C)NS(=O)(=O)c1cccc2c(N(C)C)cccc12)C(=O)C(F)(F)F. The van der Waals surface area contributed by atoms with Crippen LogP contribution in [0.25, 0.3) is 10.8 Å². The molecule has 11 nitrogen and oxygen atoms in total. The quantitative estimate of drug-likeness (QED) is 0.342. The number of carbonyl (C=O) groups is 4. The molecule has 1 fully saturated rings. The number of carbonyl (C=O) groups excluding carboxylic acids is 4. The van der Waals surface area contributed by atoms with Crippen LogP contribution in [0.2, 0.25) is 0 Å². The van der Waals surface area contributed by atoms with Gasteiger partial charge in [-0.1, -0.05) is 38.1 Å². The Morgan fingerprint density at radius 1 is 0.932 bits per heavy atom. The molecule has 0 spiro atoms. The van der Waals surface area contributed by atoms with Crippen LogP contribution in [0.4, 0.5) is 18.9 Å². The number of halogens is 3. The van der Waals surface area contributed by atoms with E-state index in [1.54, 1.807) is 24.3 Å². The van der Waals surface area contributed by atoms with Gasteiger partial charge in [-0.3, -0.25) is 19.2 Å². The van der Waals surface area contributed by atoms with Gasteiger partial charge >= 0.3 is 6.18 Å². The number of amides is 3. The van der Waals surface area contributed by atoms with E-state index in [0.29, 0.717) is 17.2 Å². The molecule has 1 heterocycles. The highest BCUT2D eigenvalue weighted by atomic mass is 32.2. The van der Waals surface area contributed by atoms with Crippen molar-refractivity contribution in [2.45, 2.75) is 75.8 Å². The average molecular weight is 642 g/mol. The van der Waals surface area contributed by atoms with E-state index in [2.05, 4.69) is 15.4 Å². The zero-order valence-corrected chi connectivity index (χ0v) is 26.2. The summed E-state index contributed by atoms with van der Waals surface area (Å²) in [6.07, 6.45) is -4.62. The topological polar surface area (TPSA) is 145 Å². The minimum absolute atomic E-state index is 0.0305. The highest BCUT2D eigenvalue weighted by Gasteiger charge is 2.46. The molecule has 4 atom stereocenters. The Morgan fingerprint density at radius 2 is 1.55 bits per heavy atom. The second kappa shape index (κ2) is 13.5. The first-order valence-corrected chi connectivity index (χ1v) is 15.6. The number of anilines is 1. The Balaban J connectivity index is 1.69. The largest absolute Gasteiger partial charge is 0.452 e. The number of rotatable bonds is 11. The van der Waals surface area contributed by atoms with Crippen molar-refractivity contribution in [1.82, 2.24) is 20.3 Å². The maximum Gasteiger partial charge on any atom is 0.452 e. The smallest absolute Gasteiger partial charge is 0.377 e. The summed E-state index contributed by atoms with van der Waals surface area (Å²) in [4.78, 5) is 53.9. The van der Waals surface area contributed by atoms with Crippen LogP contribution in [-0.4, -0.2) is 87.8 Å². The monoisotopic (exact) mass is 641 g/mol. The first-order chi connectivity index (χ1) is 20.4. The van der Waals surface area contributed by atoms with Crippen LogP contribution in [0.15, 0.2) is 41.3 Å². The number of ketones is 1. The van der Waals surface area contributed by atoms with Crippen molar-refractivity contribution >= 4 is 50.0 Å². The van der Waals surface area contributed by atoms with E-state index in [-0.39, 0.29) is 17.9 Å². The van der Waals surface area contributed by atoms with E-state index in [9.17, 15) is 40.8 Å². The van der Waals surface area contributed by atoms with Crippen molar-refractivity contribution in [3.05, 3.63) is 36.4 Å². The lowest BCUT2D eigenvalue weighted by atomic mass is 9.98. The van der Waals surface area contributed by atoms with Gasteiger partial charge in [-0.25, -0.2) is 8.42 Å². The predicted molar refractivity (Wildman–Crippen MR) is 158 cm³/mol. The molecule has 15 heteroatoms. The van der Waals surface area contributed by atoms with Gasteiger partial charge in [0.25, 0.3) is 5.78 Å². The first-order valence-electron chi connectivity index (χ1n) is 14.1. The number of benzene rings is 2.